The van der Waals surface area contributed by atoms with Gasteiger partial charge in [0.15, 0.2) is 0 Å². The highest BCUT2D eigenvalue weighted by atomic mass is 35.5. The summed E-state index contributed by atoms with van der Waals surface area (Å²) in [4.78, 5) is 31.0. The zero-order chi connectivity index (χ0) is 18.8. The molecular weight excluding hydrogens is 362 g/mol. The lowest BCUT2D eigenvalue weighted by Gasteiger charge is -2.36. The third-order valence-electron chi connectivity index (χ3n) is 5.30. The van der Waals surface area contributed by atoms with Crippen LogP contribution in [0.25, 0.3) is 0 Å². The van der Waals surface area contributed by atoms with Gasteiger partial charge < -0.3 is 14.7 Å². The summed E-state index contributed by atoms with van der Waals surface area (Å²) >= 11 is 6.07. The lowest BCUT2D eigenvalue weighted by molar-refractivity contribution is -0.135. The molecule has 0 N–H and O–H groups in total. The van der Waals surface area contributed by atoms with Crippen molar-refractivity contribution in [3.05, 3.63) is 59.1 Å². The second-order valence-corrected chi connectivity index (χ2v) is 7.39. The summed E-state index contributed by atoms with van der Waals surface area (Å²) in [6, 6.07) is 15.7. The average Bonchev–Trinajstić information content (AvgIpc) is 3.12. The van der Waals surface area contributed by atoms with E-state index in [1.54, 1.807) is 9.80 Å². The molecule has 140 valence electrons. The predicted molar refractivity (Wildman–Crippen MR) is 107 cm³/mol. The summed E-state index contributed by atoms with van der Waals surface area (Å²) in [7, 11) is 0. The number of carbonyl (C=O) groups excluding carboxylic acids is 2. The highest BCUT2D eigenvalue weighted by molar-refractivity contribution is 6.30. The third-order valence-corrected chi connectivity index (χ3v) is 5.53. The highest BCUT2D eigenvalue weighted by Gasteiger charge is 2.28. The molecule has 2 aromatic carbocycles. The van der Waals surface area contributed by atoms with E-state index in [1.807, 2.05) is 48.5 Å². The van der Waals surface area contributed by atoms with E-state index in [4.69, 9.17) is 11.6 Å². The Balaban J connectivity index is 1.33. The zero-order valence-corrected chi connectivity index (χ0v) is 15.9. The fourth-order valence-electron chi connectivity index (χ4n) is 3.82. The molecule has 0 atom stereocenters. The van der Waals surface area contributed by atoms with Crippen LogP contribution in [0.2, 0.25) is 5.02 Å². The Morgan fingerprint density at radius 2 is 1.67 bits per heavy atom. The summed E-state index contributed by atoms with van der Waals surface area (Å²) < 4.78 is 0. The Morgan fingerprint density at radius 3 is 2.44 bits per heavy atom. The summed E-state index contributed by atoms with van der Waals surface area (Å²) in [5.74, 6) is -0.197. The second kappa shape index (κ2) is 7.61. The fraction of sp³-hybridized carbons (Fsp3) is 0.333. The number of para-hydroxylation sites is 1. The van der Waals surface area contributed by atoms with Gasteiger partial charge in [-0.3, -0.25) is 9.59 Å². The van der Waals surface area contributed by atoms with Crippen molar-refractivity contribution >= 4 is 34.8 Å². The molecule has 2 heterocycles. The molecule has 0 saturated carbocycles. The van der Waals surface area contributed by atoms with Gasteiger partial charge in [0.05, 0.1) is 0 Å². The molecule has 1 fully saturated rings. The smallest absolute Gasteiger partial charge is 0.236 e. The van der Waals surface area contributed by atoms with E-state index in [-0.39, 0.29) is 18.2 Å². The minimum Gasteiger partial charge on any atom is -0.368 e. The van der Waals surface area contributed by atoms with E-state index in [0.29, 0.717) is 24.7 Å². The van der Waals surface area contributed by atoms with Gasteiger partial charge in [0.25, 0.3) is 0 Å². The molecule has 0 aliphatic carbocycles. The van der Waals surface area contributed by atoms with Crippen molar-refractivity contribution in [2.75, 3.05) is 42.5 Å². The van der Waals surface area contributed by atoms with Crippen LogP contribution in [0.1, 0.15) is 12.0 Å². The number of benzene rings is 2. The maximum absolute atomic E-state index is 12.6. The van der Waals surface area contributed by atoms with Crippen molar-refractivity contribution in [1.82, 2.24) is 4.90 Å². The van der Waals surface area contributed by atoms with Gasteiger partial charge in [-0.25, -0.2) is 0 Å². The van der Waals surface area contributed by atoms with E-state index in [1.165, 1.54) is 5.56 Å². The standard InChI is InChI=1S/C21H22ClN3O2/c22-17-5-3-6-18(14-17)23-10-12-24(13-11-23)20(26)15-21(27)25-9-8-16-4-1-2-7-19(16)25/h1-7,14H,8-13,15H2. The second-order valence-electron chi connectivity index (χ2n) is 6.95. The Labute approximate surface area is 164 Å². The maximum Gasteiger partial charge on any atom is 0.236 e. The first-order valence-electron chi connectivity index (χ1n) is 9.28. The summed E-state index contributed by atoms with van der Waals surface area (Å²) in [6.07, 6.45) is 0.792. The molecule has 27 heavy (non-hydrogen) atoms. The van der Waals surface area contributed by atoms with Crippen LogP contribution < -0.4 is 9.80 Å². The summed E-state index contributed by atoms with van der Waals surface area (Å²) in [6.45, 7) is 3.39. The molecule has 2 amide bonds. The molecule has 5 nitrogen and oxygen atoms in total. The van der Waals surface area contributed by atoms with Crippen LogP contribution in [0.5, 0.6) is 0 Å². The van der Waals surface area contributed by atoms with Crippen LogP contribution in [0.15, 0.2) is 48.5 Å². The maximum atomic E-state index is 12.6. The number of hydrogen-bond acceptors (Lipinski definition) is 3. The van der Waals surface area contributed by atoms with Crippen molar-refractivity contribution in [3.8, 4) is 0 Å². The number of piperazine rings is 1. The molecule has 0 radical (unpaired) electrons. The van der Waals surface area contributed by atoms with E-state index < -0.39 is 0 Å². The first-order valence-corrected chi connectivity index (χ1v) is 9.66. The van der Waals surface area contributed by atoms with Crippen LogP contribution in [0.3, 0.4) is 0 Å². The topological polar surface area (TPSA) is 43.9 Å². The van der Waals surface area contributed by atoms with Crippen molar-refractivity contribution < 1.29 is 9.59 Å². The monoisotopic (exact) mass is 383 g/mol. The Kier molecular flexibility index (Phi) is 5.03. The van der Waals surface area contributed by atoms with Crippen molar-refractivity contribution in [1.29, 1.82) is 0 Å². The van der Waals surface area contributed by atoms with E-state index in [0.717, 1.165) is 30.9 Å². The summed E-state index contributed by atoms with van der Waals surface area (Å²) in [5, 5.41) is 0.711. The normalized spacial score (nSPS) is 16.4. The van der Waals surface area contributed by atoms with E-state index in [9.17, 15) is 9.59 Å². The first kappa shape index (κ1) is 17.9. The SMILES string of the molecule is O=C(CC(=O)N1CCc2ccccc21)N1CCN(c2cccc(Cl)c2)CC1. The quantitative estimate of drug-likeness (QED) is 0.765. The van der Waals surface area contributed by atoms with Crippen molar-refractivity contribution in [2.24, 2.45) is 0 Å². The highest BCUT2D eigenvalue weighted by Crippen LogP contribution is 2.28. The molecule has 0 unspecified atom stereocenters. The van der Waals surface area contributed by atoms with Gasteiger partial charge in [0.2, 0.25) is 11.8 Å². The lowest BCUT2D eigenvalue weighted by atomic mass is 10.2. The number of amides is 2. The molecule has 0 bridgehead atoms. The number of nitrogens with zero attached hydrogens (tertiary/aromatic N) is 3. The molecule has 1 saturated heterocycles. The number of rotatable bonds is 3. The van der Waals surface area contributed by atoms with Crippen molar-refractivity contribution in [3.63, 3.8) is 0 Å². The molecule has 0 aromatic heterocycles. The summed E-state index contributed by atoms with van der Waals surface area (Å²) in [5.41, 5.74) is 3.19. The van der Waals surface area contributed by atoms with Gasteiger partial charge in [0, 0.05) is 49.1 Å². The Hall–Kier alpha value is -2.53. The van der Waals surface area contributed by atoms with Crippen molar-refractivity contribution in [2.45, 2.75) is 12.8 Å². The number of anilines is 2. The van der Waals surface area contributed by atoms with Crippen LogP contribution in [-0.2, 0) is 16.0 Å². The number of fused-ring (bicyclic) bond motifs is 1. The molecule has 2 aromatic rings. The largest absolute Gasteiger partial charge is 0.368 e. The number of hydrogen-bond donors (Lipinski definition) is 0. The van der Waals surface area contributed by atoms with Gasteiger partial charge in [-0.05, 0) is 36.2 Å². The minimum atomic E-state index is -0.109. The third kappa shape index (κ3) is 3.78. The predicted octanol–water partition coefficient (Wildman–Crippen LogP) is 2.97. The number of halogens is 1. The van der Waals surface area contributed by atoms with E-state index in [2.05, 4.69) is 4.90 Å². The molecule has 2 aliphatic heterocycles. The van der Waals surface area contributed by atoms with Crippen LogP contribution in [-0.4, -0.2) is 49.4 Å². The van der Waals surface area contributed by atoms with Gasteiger partial charge in [-0.15, -0.1) is 0 Å². The first-order chi connectivity index (χ1) is 13.1. The zero-order valence-electron chi connectivity index (χ0n) is 15.1. The van der Waals surface area contributed by atoms with Gasteiger partial charge in [0.1, 0.15) is 6.42 Å². The molecular formula is C21H22ClN3O2. The molecule has 2 aliphatic rings. The van der Waals surface area contributed by atoms with Crippen LogP contribution in [0.4, 0.5) is 11.4 Å². The van der Waals surface area contributed by atoms with Gasteiger partial charge >= 0.3 is 0 Å². The van der Waals surface area contributed by atoms with Crippen LogP contribution >= 0.6 is 11.6 Å². The van der Waals surface area contributed by atoms with Gasteiger partial charge in [-0.2, -0.15) is 0 Å². The molecule has 4 rings (SSSR count). The molecule has 0 spiro atoms. The lowest BCUT2D eigenvalue weighted by Crippen LogP contribution is -2.49. The van der Waals surface area contributed by atoms with Gasteiger partial charge in [-0.1, -0.05) is 35.9 Å². The van der Waals surface area contributed by atoms with Crippen LogP contribution in [0, 0.1) is 0 Å². The Bertz CT molecular complexity index is 862. The fourth-order valence-corrected chi connectivity index (χ4v) is 4.01. The number of carbonyl (C=O) groups is 2. The average molecular weight is 384 g/mol. The Morgan fingerprint density at radius 1 is 0.889 bits per heavy atom. The minimum absolute atomic E-state index is 0.0640. The van der Waals surface area contributed by atoms with E-state index >= 15 is 0 Å². The molecule has 6 heteroatoms.